The SMILES string of the molecule is CCN1C(=O)[C@@H]2[C@H](c3ccccc3OC)N[C@](CC)(C(=O)OC)[C@H]2C1=O. The fraction of sp³-hybridized carbons (Fsp3) is 0.526. The van der Waals surface area contributed by atoms with Gasteiger partial charge in [0.25, 0.3) is 0 Å². The van der Waals surface area contributed by atoms with E-state index in [1.54, 1.807) is 20.1 Å². The zero-order valence-corrected chi connectivity index (χ0v) is 15.4. The Labute approximate surface area is 152 Å². The van der Waals surface area contributed by atoms with Gasteiger partial charge in [0.05, 0.1) is 26.1 Å². The molecule has 0 saturated carbocycles. The lowest BCUT2D eigenvalue weighted by Crippen LogP contribution is -2.55. The first-order valence-corrected chi connectivity index (χ1v) is 8.81. The molecule has 0 aromatic heterocycles. The minimum atomic E-state index is -1.23. The van der Waals surface area contributed by atoms with Crippen LogP contribution in [0.3, 0.4) is 0 Å². The van der Waals surface area contributed by atoms with Crippen molar-refractivity contribution in [3.8, 4) is 5.75 Å². The Bertz CT molecular complexity index is 749. The molecular weight excluding hydrogens is 336 g/mol. The van der Waals surface area contributed by atoms with E-state index < -0.39 is 29.4 Å². The number of esters is 1. The highest BCUT2D eigenvalue weighted by molar-refractivity contribution is 6.09. The predicted octanol–water partition coefficient (Wildman–Crippen LogP) is 1.28. The van der Waals surface area contributed by atoms with Crippen molar-refractivity contribution in [2.45, 2.75) is 31.8 Å². The normalized spacial score (nSPS) is 30.5. The van der Waals surface area contributed by atoms with Gasteiger partial charge in [-0.2, -0.15) is 0 Å². The van der Waals surface area contributed by atoms with Gasteiger partial charge in [-0.25, -0.2) is 0 Å². The molecule has 2 amide bonds. The van der Waals surface area contributed by atoms with Gasteiger partial charge < -0.3 is 9.47 Å². The number of carbonyl (C=O) groups excluding carboxylic acids is 3. The zero-order chi connectivity index (χ0) is 19.1. The molecule has 0 radical (unpaired) electrons. The number of methoxy groups -OCH3 is 2. The number of nitrogens with one attached hydrogen (secondary N) is 1. The van der Waals surface area contributed by atoms with Crippen LogP contribution in [0.25, 0.3) is 0 Å². The summed E-state index contributed by atoms with van der Waals surface area (Å²) in [7, 11) is 2.85. The quantitative estimate of drug-likeness (QED) is 0.629. The maximum absolute atomic E-state index is 13.0. The predicted molar refractivity (Wildman–Crippen MR) is 93.3 cm³/mol. The second-order valence-electron chi connectivity index (χ2n) is 6.60. The average Bonchev–Trinajstić information content (AvgIpc) is 3.15. The van der Waals surface area contributed by atoms with Crippen molar-refractivity contribution in [3.63, 3.8) is 0 Å². The van der Waals surface area contributed by atoms with Crippen LogP contribution in [0, 0.1) is 11.8 Å². The molecule has 2 aliphatic rings. The molecule has 2 saturated heterocycles. The standard InChI is InChI=1S/C19H24N2O5/c1-5-19(18(24)26-4)14-13(16(22)21(6-2)17(14)23)15(20-19)11-9-7-8-10-12(11)25-3/h7-10,13-15,20H,5-6H2,1-4H3/t13-,14+,15-,19-/m0/s1. The van der Waals surface area contributed by atoms with E-state index >= 15 is 0 Å². The number of hydrogen-bond donors (Lipinski definition) is 1. The molecule has 7 nitrogen and oxygen atoms in total. The highest BCUT2D eigenvalue weighted by Gasteiger charge is 2.68. The summed E-state index contributed by atoms with van der Waals surface area (Å²) in [5.74, 6) is -1.95. The number of fused-ring (bicyclic) bond motifs is 1. The number of amides is 2. The van der Waals surface area contributed by atoms with Gasteiger partial charge in [0.1, 0.15) is 11.3 Å². The molecular formula is C19H24N2O5. The van der Waals surface area contributed by atoms with Gasteiger partial charge in [-0.3, -0.25) is 24.6 Å². The highest BCUT2D eigenvalue weighted by Crippen LogP contribution is 2.51. The number of hydrogen-bond acceptors (Lipinski definition) is 6. The summed E-state index contributed by atoms with van der Waals surface area (Å²) >= 11 is 0. The Kier molecular flexibility index (Phi) is 4.75. The van der Waals surface area contributed by atoms with Crippen molar-refractivity contribution in [3.05, 3.63) is 29.8 Å². The summed E-state index contributed by atoms with van der Waals surface area (Å²) in [6.45, 7) is 3.86. The summed E-state index contributed by atoms with van der Waals surface area (Å²) in [6, 6.07) is 6.82. The lowest BCUT2D eigenvalue weighted by atomic mass is 9.78. The first kappa shape index (κ1) is 18.4. The first-order valence-electron chi connectivity index (χ1n) is 8.81. The van der Waals surface area contributed by atoms with E-state index in [4.69, 9.17) is 9.47 Å². The summed E-state index contributed by atoms with van der Waals surface area (Å²) in [5, 5.41) is 3.28. The number of imide groups is 1. The van der Waals surface area contributed by atoms with Crippen LogP contribution < -0.4 is 10.1 Å². The number of likely N-dealkylation sites (tertiary alicyclic amines) is 1. The molecule has 7 heteroatoms. The third-order valence-corrected chi connectivity index (χ3v) is 5.64. The number of nitrogens with zero attached hydrogens (tertiary/aromatic N) is 1. The largest absolute Gasteiger partial charge is 0.496 e. The van der Waals surface area contributed by atoms with E-state index in [2.05, 4.69) is 5.32 Å². The molecule has 3 rings (SSSR count). The Morgan fingerprint density at radius 2 is 1.88 bits per heavy atom. The molecule has 26 heavy (non-hydrogen) atoms. The van der Waals surface area contributed by atoms with Crippen LogP contribution >= 0.6 is 0 Å². The third-order valence-electron chi connectivity index (χ3n) is 5.64. The van der Waals surface area contributed by atoms with Gasteiger partial charge in [0.15, 0.2) is 0 Å². The topological polar surface area (TPSA) is 84.9 Å². The second kappa shape index (κ2) is 6.72. The lowest BCUT2D eigenvalue weighted by Gasteiger charge is -2.31. The Morgan fingerprint density at radius 1 is 1.19 bits per heavy atom. The van der Waals surface area contributed by atoms with Crippen LogP contribution in [-0.4, -0.2) is 49.0 Å². The van der Waals surface area contributed by atoms with Crippen LogP contribution in [0.2, 0.25) is 0 Å². The van der Waals surface area contributed by atoms with Crippen LogP contribution in [0.15, 0.2) is 24.3 Å². The van der Waals surface area contributed by atoms with Crippen molar-refractivity contribution in [2.75, 3.05) is 20.8 Å². The lowest BCUT2D eigenvalue weighted by molar-refractivity contribution is -0.154. The Morgan fingerprint density at radius 3 is 2.46 bits per heavy atom. The monoisotopic (exact) mass is 360 g/mol. The highest BCUT2D eigenvalue weighted by atomic mass is 16.5. The summed E-state index contributed by atoms with van der Waals surface area (Å²) in [5.41, 5.74) is -0.481. The van der Waals surface area contributed by atoms with Crippen molar-refractivity contribution < 1.29 is 23.9 Å². The van der Waals surface area contributed by atoms with E-state index in [9.17, 15) is 14.4 Å². The zero-order valence-electron chi connectivity index (χ0n) is 15.4. The first-order chi connectivity index (χ1) is 12.5. The molecule has 0 unspecified atom stereocenters. The summed E-state index contributed by atoms with van der Waals surface area (Å²) in [4.78, 5) is 39.9. The molecule has 0 bridgehead atoms. The smallest absolute Gasteiger partial charge is 0.326 e. The van der Waals surface area contributed by atoms with Crippen LogP contribution in [-0.2, 0) is 19.1 Å². The van der Waals surface area contributed by atoms with Crippen molar-refractivity contribution >= 4 is 17.8 Å². The summed E-state index contributed by atoms with van der Waals surface area (Å²) in [6.07, 6.45) is 0.336. The molecule has 0 spiro atoms. The maximum Gasteiger partial charge on any atom is 0.326 e. The second-order valence-corrected chi connectivity index (χ2v) is 6.60. The molecule has 2 fully saturated rings. The molecule has 0 aliphatic carbocycles. The molecule has 2 aliphatic heterocycles. The van der Waals surface area contributed by atoms with Crippen LogP contribution in [0.1, 0.15) is 31.9 Å². The molecule has 2 heterocycles. The number of benzene rings is 1. The Hall–Kier alpha value is -2.41. The molecule has 140 valence electrons. The number of carbonyl (C=O) groups is 3. The maximum atomic E-state index is 13.0. The van der Waals surface area contributed by atoms with Gasteiger partial charge >= 0.3 is 5.97 Å². The van der Waals surface area contributed by atoms with Crippen LogP contribution in [0.4, 0.5) is 0 Å². The van der Waals surface area contributed by atoms with Gasteiger partial charge in [0.2, 0.25) is 11.8 Å². The summed E-state index contributed by atoms with van der Waals surface area (Å²) < 4.78 is 10.5. The average molecular weight is 360 g/mol. The van der Waals surface area contributed by atoms with Gasteiger partial charge in [-0.15, -0.1) is 0 Å². The number of ether oxygens (including phenoxy) is 2. The number of rotatable bonds is 5. The van der Waals surface area contributed by atoms with Crippen molar-refractivity contribution in [1.29, 1.82) is 0 Å². The van der Waals surface area contributed by atoms with Gasteiger partial charge in [-0.05, 0) is 19.4 Å². The molecule has 1 N–H and O–H groups in total. The Balaban J connectivity index is 2.17. The van der Waals surface area contributed by atoms with Crippen LogP contribution in [0.5, 0.6) is 5.75 Å². The van der Waals surface area contributed by atoms with E-state index in [-0.39, 0.29) is 18.4 Å². The van der Waals surface area contributed by atoms with Gasteiger partial charge in [-0.1, -0.05) is 25.1 Å². The molecule has 1 aromatic rings. The van der Waals surface area contributed by atoms with E-state index in [0.717, 1.165) is 5.56 Å². The third kappa shape index (κ3) is 2.34. The fourth-order valence-electron chi connectivity index (χ4n) is 4.40. The van der Waals surface area contributed by atoms with Crippen molar-refractivity contribution in [2.24, 2.45) is 11.8 Å². The van der Waals surface area contributed by atoms with E-state index in [1.165, 1.54) is 12.0 Å². The van der Waals surface area contributed by atoms with E-state index in [1.807, 2.05) is 25.1 Å². The van der Waals surface area contributed by atoms with E-state index in [0.29, 0.717) is 12.2 Å². The molecule has 1 aromatic carbocycles. The van der Waals surface area contributed by atoms with Gasteiger partial charge in [0, 0.05) is 18.2 Å². The number of para-hydroxylation sites is 1. The minimum Gasteiger partial charge on any atom is -0.496 e. The van der Waals surface area contributed by atoms with Crippen molar-refractivity contribution in [1.82, 2.24) is 10.2 Å². The molecule has 4 atom stereocenters. The minimum absolute atomic E-state index is 0.259. The fourth-order valence-corrected chi connectivity index (χ4v) is 4.40.